The Morgan fingerprint density at radius 2 is 1.78 bits per heavy atom. The smallest absolute Gasteiger partial charge is 0.343 e. The van der Waals surface area contributed by atoms with E-state index in [-0.39, 0.29) is 17.6 Å². The second kappa shape index (κ2) is 7.85. The normalized spacial score (nSPS) is 17.7. The number of hydrogen-bond donors (Lipinski definition) is 0. The number of ether oxygens (including phenoxy) is 3. The van der Waals surface area contributed by atoms with E-state index < -0.39 is 5.97 Å². The number of fused-ring (bicyclic) bond motifs is 2. The Morgan fingerprint density at radius 1 is 1.00 bits per heavy atom. The molecular weight excluding hydrogens is 404 g/mol. The summed E-state index contributed by atoms with van der Waals surface area (Å²) in [4.78, 5) is 25.2. The zero-order chi connectivity index (χ0) is 22.2. The van der Waals surface area contributed by atoms with Crippen molar-refractivity contribution in [3.05, 3.63) is 106 Å². The first-order valence-corrected chi connectivity index (χ1v) is 10.3. The molecule has 32 heavy (non-hydrogen) atoms. The van der Waals surface area contributed by atoms with E-state index in [1.165, 1.54) is 0 Å². The van der Waals surface area contributed by atoms with E-state index in [1.54, 1.807) is 36.4 Å². The van der Waals surface area contributed by atoms with Crippen LogP contribution in [0.15, 0.2) is 84.1 Å². The summed E-state index contributed by atoms with van der Waals surface area (Å²) in [5.74, 6) is 1.00. The van der Waals surface area contributed by atoms with Crippen molar-refractivity contribution in [2.24, 2.45) is 0 Å². The third kappa shape index (κ3) is 3.69. The number of benzene rings is 3. The van der Waals surface area contributed by atoms with Gasteiger partial charge in [0.1, 0.15) is 23.4 Å². The van der Waals surface area contributed by atoms with E-state index in [2.05, 4.69) is 0 Å². The van der Waals surface area contributed by atoms with E-state index >= 15 is 0 Å². The molecule has 0 amide bonds. The summed E-state index contributed by atoms with van der Waals surface area (Å²) in [6.45, 7) is 3.87. The van der Waals surface area contributed by atoms with Crippen LogP contribution in [-0.2, 0) is 0 Å². The highest BCUT2D eigenvalue weighted by atomic mass is 16.5. The minimum Gasteiger partial charge on any atom is -0.485 e. The van der Waals surface area contributed by atoms with Crippen LogP contribution in [0.4, 0.5) is 0 Å². The average Bonchev–Trinajstić information content (AvgIpc) is 3.09. The molecule has 2 aliphatic rings. The molecule has 5 rings (SSSR count). The SMILES string of the molecule is Cc1ccc(C(=O)Oc2ccc3c(c2)O/C(=C\C2=Cc4ccccc4O[C@H]2C)C3=O)cc1. The molecule has 0 saturated carbocycles. The van der Waals surface area contributed by atoms with Gasteiger partial charge in [0.15, 0.2) is 5.76 Å². The standard InChI is InChI=1S/C27H20O5/c1-16-7-9-18(10-8-16)27(29)31-21-11-12-22-24(15-21)32-25(26(22)28)14-20-13-19-5-3-4-6-23(19)30-17(20)2/h3-15,17H,1-2H3/b25-14-/t17-/m0/s1. The van der Waals surface area contributed by atoms with Crippen molar-refractivity contribution in [2.75, 3.05) is 0 Å². The van der Waals surface area contributed by atoms with Gasteiger partial charge in [-0.15, -0.1) is 0 Å². The van der Waals surface area contributed by atoms with Crippen LogP contribution < -0.4 is 14.2 Å². The first-order chi connectivity index (χ1) is 15.5. The molecule has 2 heterocycles. The lowest BCUT2D eigenvalue weighted by molar-refractivity contribution is 0.0734. The first kappa shape index (κ1) is 19.8. The van der Waals surface area contributed by atoms with Crippen molar-refractivity contribution in [3.63, 3.8) is 0 Å². The van der Waals surface area contributed by atoms with Gasteiger partial charge in [-0.1, -0.05) is 35.9 Å². The number of esters is 1. The fourth-order valence-corrected chi connectivity index (χ4v) is 3.66. The van der Waals surface area contributed by atoms with Crippen molar-refractivity contribution in [3.8, 4) is 17.2 Å². The van der Waals surface area contributed by atoms with Crippen molar-refractivity contribution >= 4 is 17.8 Å². The molecule has 5 heteroatoms. The number of Topliss-reactive ketones (excluding diaryl/α,β-unsaturated/α-hetero) is 1. The highest BCUT2D eigenvalue weighted by Gasteiger charge is 2.29. The maximum atomic E-state index is 12.8. The summed E-state index contributed by atoms with van der Waals surface area (Å²) in [7, 11) is 0. The molecule has 0 spiro atoms. The van der Waals surface area contributed by atoms with Crippen LogP contribution in [0.25, 0.3) is 6.08 Å². The molecule has 0 aromatic heterocycles. The predicted octanol–water partition coefficient (Wildman–Crippen LogP) is 5.54. The lowest BCUT2D eigenvalue weighted by atomic mass is 10.0. The molecule has 3 aromatic carbocycles. The van der Waals surface area contributed by atoms with E-state index in [0.29, 0.717) is 22.6 Å². The second-order valence-electron chi connectivity index (χ2n) is 7.80. The highest BCUT2D eigenvalue weighted by molar-refractivity contribution is 6.12. The van der Waals surface area contributed by atoms with Crippen LogP contribution in [-0.4, -0.2) is 17.9 Å². The lowest BCUT2D eigenvalue weighted by Gasteiger charge is -2.22. The Morgan fingerprint density at radius 3 is 2.59 bits per heavy atom. The fourth-order valence-electron chi connectivity index (χ4n) is 3.66. The summed E-state index contributed by atoms with van der Waals surface area (Å²) >= 11 is 0. The summed E-state index contributed by atoms with van der Waals surface area (Å²) in [6.07, 6.45) is 3.48. The summed E-state index contributed by atoms with van der Waals surface area (Å²) < 4.78 is 17.2. The molecule has 0 saturated heterocycles. The molecule has 0 fully saturated rings. The van der Waals surface area contributed by atoms with Crippen molar-refractivity contribution in [1.82, 2.24) is 0 Å². The van der Waals surface area contributed by atoms with Crippen LogP contribution >= 0.6 is 0 Å². The molecule has 1 atom stereocenters. The molecule has 0 N–H and O–H groups in total. The molecule has 0 bridgehead atoms. The maximum Gasteiger partial charge on any atom is 0.343 e. The Balaban J connectivity index is 1.38. The van der Waals surface area contributed by atoms with E-state index in [9.17, 15) is 9.59 Å². The molecule has 158 valence electrons. The van der Waals surface area contributed by atoms with Gasteiger partial charge in [-0.05, 0) is 61.9 Å². The molecule has 3 aromatic rings. The third-order valence-electron chi connectivity index (χ3n) is 5.45. The Bertz CT molecular complexity index is 1300. The summed E-state index contributed by atoms with van der Waals surface area (Å²) in [6, 6.07) is 19.6. The number of allylic oxidation sites excluding steroid dienone is 1. The van der Waals surface area contributed by atoms with Gasteiger partial charge in [0.25, 0.3) is 0 Å². The minimum absolute atomic E-state index is 0.211. The molecule has 2 aliphatic heterocycles. The number of rotatable bonds is 3. The molecule has 5 nitrogen and oxygen atoms in total. The largest absolute Gasteiger partial charge is 0.485 e. The van der Waals surface area contributed by atoms with Crippen LogP contribution in [0.5, 0.6) is 17.2 Å². The van der Waals surface area contributed by atoms with E-state index in [1.807, 2.05) is 56.3 Å². The van der Waals surface area contributed by atoms with Gasteiger partial charge < -0.3 is 14.2 Å². The number of hydrogen-bond acceptors (Lipinski definition) is 5. The van der Waals surface area contributed by atoms with Crippen LogP contribution in [0.3, 0.4) is 0 Å². The Labute approximate surface area is 185 Å². The first-order valence-electron chi connectivity index (χ1n) is 10.3. The Kier molecular flexibility index (Phi) is 4.86. The number of aryl methyl sites for hydroxylation is 1. The number of carbonyl (C=O) groups is 2. The molecule has 0 aliphatic carbocycles. The van der Waals surface area contributed by atoms with Gasteiger partial charge in [0, 0.05) is 11.6 Å². The lowest BCUT2D eigenvalue weighted by Crippen LogP contribution is -2.18. The molecule has 0 radical (unpaired) electrons. The van der Waals surface area contributed by atoms with Gasteiger partial charge in [-0.2, -0.15) is 0 Å². The predicted molar refractivity (Wildman–Crippen MR) is 120 cm³/mol. The monoisotopic (exact) mass is 424 g/mol. The van der Waals surface area contributed by atoms with Crippen molar-refractivity contribution in [1.29, 1.82) is 0 Å². The summed E-state index contributed by atoms with van der Waals surface area (Å²) in [5, 5.41) is 0. The van der Waals surface area contributed by atoms with Gasteiger partial charge in [0.2, 0.25) is 5.78 Å². The van der Waals surface area contributed by atoms with Crippen molar-refractivity contribution in [2.45, 2.75) is 20.0 Å². The van der Waals surface area contributed by atoms with Crippen LogP contribution in [0.2, 0.25) is 0 Å². The average molecular weight is 424 g/mol. The number of ketones is 1. The number of carbonyl (C=O) groups excluding carboxylic acids is 2. The number of para-hydroxylation sites is 1. The third-order valence-corrected chi connectivity index (χ3v) is 5.45. The van der Waals surface area contributed by atoms with Crippen LogP contribution in [0, 0.1) is 6.92 Å². The molecule has 0 unspecified atom stereocenters. The van der Waals surface area contributed by atoms with Gasteiger partial charge in [0.05, 0.1) is 11.1 Å². The zero-order valence-electron chi connectivity index (χ0n) is 17.6. The summed E-state index contributed by atoms with van der Waals surface area (Å²) in [5.41, 5.74) is 3.72. The van der Waals surface area contributed by atoms with E-state index in [4.69, 9.17) is 14.2 Å². The zero-order valence-corrected chi connectivity index (χ0v) is 17.6. The van der Waals surface area contributed by atoms with Crippen molar-refractivity contribution < 1.29 is 23.8 Å². The van der Waals surface area contributed by atoms with Gasteiger partial charge >= 0.3 is 5.97 Å². The van der Waals surface area contributed by atoms with E-state index in [0.717, 1.165) is 22.4 Å². The maximum absolute atomic E-state index is 12.8. The topological polar surface area (TPSA) is 61.8 Å². The molecular formula is C27H20O5. The highest BCUT2D eigenvalue weighted by Crippen LogP contribution is 2.36. The van der Waals surface area contributed by atoms with Gasteiger partial charge in [-0.25, -0.2) is 4.79 Å². The second-order valence-corrected chi connectivity index (χ2v) is 7.80. The Hall–Kier alpha value is -4.12. The fraction of sp³-hybridized carbons (Fsp3) is 0.111. The minimum atomic E-state index is -0.470. The quantitative estimate of drug-likeness (QED) is 0.314. The van der Waals surface area contributed by atoms with Crippen LogP contribution in [0.1, 0.15) is 38.8 Å². The van der Waals surface area contributed by atoms with Gasteiger partial charge in [-0.3, -0.25) is 4.79 Å².